The van der Waals surface area contributed by atoms with Crippen molar-refractivity contribution in [3.8, 4) is 5.75 Å². The third-order valence-corrected chi connectivity index (χ3v) is 8.95. The van der Waals surface area contributed by atoms with Crippen molar-refractivity contribution in [3.05, 3.63) is 29.8 Å². The second-order valence-electron chi connectivity index (χ2n) is 12.6. The number of Topliss-reactive ketones (excluding diaryl/α,β-unsaturated/α-hetero) is 1. The molecule has 3 fully saturated rings. The van der Waals surface area contributed by atoms with E-state index in [1.165, 1.54) is 0 Å². The van der Waals surface area contributed by atoms with E-state index in [2.05, 4.69) is 16.0 Å². The van der Waals surface area contributed by atoms with Crippen LogP contribution in [0.1, 0.15) is 57.9 Å². The molecule has 0 aromatic heterocycles. The summed E-state index contributed by atoms with van der Waals surface area (Å²) in [5.41, 5.74) is 6.16. The van der Waals surface area contributed by atoms with Gasteiger partial charge in [-0.2, -0.15) is 0 Å². The lowest BCUT2D eigenvalue weighted by Gasteiger charge is -2.31. The molecule has 2 saturated heterocycles. The summed E-state index contributed by atoms with van der Waals surface area (Å²) in [5.74, 6) is -0.348. The van der Waals surface area contributed by atoms with Crippen molar-refractivity contribution in [1.82, 2.24) is 20.9 Å². The van der Waals surface area contributed by atoms with Gasteiger partial charge in [0.2, 0.25) is 17.7 Å². The molecule has 4 atom stereocenters. The van der Waals surface area contributed by atoms with Gasteiger partial charge < -0.3 is 35.9 Å². The van der Waals surface area contributed by atoms with Crippen LogP contribution in [0.4, 0.5) is 0 Å². The maximum Gasteiger partial charge on any atom is 0.243 e. The quantitative estimate of drug-likeness (QED) is 0.208. The first-order chi connectivity index (χ1) is 21.1. The number of ketones is 1. The number of methoxy groups -OCH3 is 1. The lowest BCUT2D eigenvalue weighted by atomic mass is 9.81. The number of nitrogens with zero attached hydrogens (tertiary/aromatic N) is 1. The highest BCUT2D eigenvalue weighted by Gasteiger charge is 2.50. The molecular weight excluding hydrogens is 566 g/mol. The summed E-state index contributed by atoms with van der Waals surface area (Å²) in [6.07, 6.45) is 4.89. The Balaban J connectivity index is 1.42. The molecule has 0 unspecified atom stereocenters. The molecule has 244 valence electrons. The van der Waals surface area contributed by atoms with Gasteiger partial charge in [0.25, 0.3) is 0 Å². The average molecular weight is 616 g/mol. The summed E-state index contributed by atoms with van der Waals surface area (Å²) in [6, 6.07) is 5.17. The highest BCUT2D eigenvalue weighted by Crippen LogP contribution is 2.33. The fraction of sp³-hybridized carbons (Fsp3) is 0.688. The van der Waals surface area contributed by atoms with Gasteiger partial charge in [0.05, 0.1) is 39.5 Å². The number of epoxide rings is 1. The maximum atomic E-state index is 13.8. The van der Waals surface area contributed by atoms with Gasteiger partial charge in [0.15, 0.2) is 5.78 Å². The normalized spacial score (nSPS) is 25.6. The van der Waals surface area contributed by atoms with E-state index in [1.807, 2.05) is 29.2 Å². The smallest absolute Gasteiger partial charge is 0.243 e. The number of hydrogen-bond donors (Lipinski definition) is 4. The fourth-order valence-electron chi connectivity index (χ4n) is 5.86. The van der Waals surface area contributed by atoms with E-state index in [1.54, 1.807) is 21.0 Å². The van der Waals surface area contributed by atoms with E-state index >= 15 is 0 Å². The molecule has 1 aromatic carbocycles. The maximum absolute atomic E-state index is 13.8. The third-order valence-electron chi connectivity index (χ3n) is 8.95. The monoisotopic (exact) mass is 615 g/mol. The van der Waals surface area contributed by atoms with Gasteiger partial charge in [-0.25, -0.2) is 0 Å². The molecule has 0 spiro atoms. The van der Waals surface area contributed by atoms with Crippen LogP contribution in [-0.4, -0.2) is 105 Å². The Labute approximate surface area is 260 Å². The van der Waals surface area contributed by atoms with Crippen LogP contribution >= 0.6 is 0 Å². The minimum absolute atomic E-state index is 0.148. The lowest BCUT2D eigenvalue weighted by molar-refractivity contribution is -0.134. The highest BCUT2D eigenvalue weighted by atomic mass is 16.6. The number of ether oxygens (including phenoxy) is 3. The van der Waals surface area contributed by atoms with Gasteiger partial charge in [0, 0.05) is 19.1 Å². The Hall–Kier alpha value is -3.06. The van der Waals surface area contributed by atoms with Crippen molar-refractivity contribution >= 4 is 23.5 Å². The van der Waals surface area contributed by atoms with Crippen LogP contribution in [0.15, 0.2) is 24.3 Å². The SMILES string of the molecule is COc1ccc(CC[C@H](NC(=O)[C@H](C)NC(=O)CN2CCOCC2)C(=O)N[C@@H](CC2CCC(N)CC2)C(=O)[C@@]2(C)CO2)cc1. The number of nitrogens with one attached hydrogen (secondary N) is 3. The molecule has 12 heteroatoms. The Morgan fingerprint density at radius 2 is 1.64 bits per heavy atom. The molecule has 5 N–H and O–H groups in total. The zero-order chi connectivity index (χ0) is 31.7. The Kier molecular flexibility index (Phi) is 12.1. The first-order valence-electron chi connectivity index (χ1n) is 15.8. The molecule has 2 aliphatic heterocycles. The molecule has 4 rings (SSSR count). The molecular formula is C32H49N5O7. The van der Waals surface area contributed by atoms with Gasteiger partial charge in [-0.05, 0) is 82.4 Å². The first kappa shape index (κ1) is 33.8. The number of aryl methyl sites for hydroxylation is 1. The molecule has 3 amide bonds. The number of rotatable bonds is 15. The van der Waals surface area contributed by atoms with Crippen LogP contribution in [0.5, 0.6) is 5.75 Å². The Morgan fingerprint density at radius 1 is 1.00 bits per heavy atom. The van der Waals surface area contributed by atoms with Crippen molar-refractivity contribution in [1.29, 1.82) is 0 Å². The predicted molar refractivity (Wildman–Crippen MR) is 164 cm³/mol. The number of carbonyl (C=O) groups is 4. The molecule has 3 aliphatic rings. The second-order valence-corrected chi connectivity index (χ2v) is 12.6. The lowest BCUT2D eigenvalue weighted by Crippen LogP contribution is -2.57. The van der Waals surface area contributed by atoms with Crippen molar-refractivity contribution in [2.75, 3.05) is 46.6 Å². The summed E-state index contributed by atoms with van der Waals surface area (Å²) < 4.78 is 16.0. The number of benzene rings is 1. The van der Waals surface area contributed by atoms with E-state index < -0.39 is 35.5 Å². The van der Waals surface area contributed by atoms with Crippen molar-refractivity contribution in [2.45, 2.75) is 88.6 Å². The van der Waals surface area contributed by atoms with Crippen LogP contribution in [0, 0.1) is 5.92 Å². The molecule has 1 aliphatic carbocycles. The van der Waals surface area contributed by atoms with E-state index in [-0.39, 0.29) is 30.2 Å². The third kappa shape index (κ3) is 9.98. The molecule has 12 nitrogen and oxygen atoms in total. The van der Waals surface area contributed by atoms with Gasteiger partial charge >= 0.3 is 0 Å². The molecule has 0 radical (unpaired) electrons. The summed E-state index contributed by atoms with van der Waals surface area (Å²) in [5, 5.41) is 8.56. The number of hydrogen-bond acceptors (Lipinski definition) is 9. The summed E-state index contributed by atoms with van der Waals surface area (Å²) in [7, 11) is 1.60. The Morgan fingerprint density at radius 3 is 2.25 bits per heavy atom. The van der Waals surface area contributed by atoms with Gasteiger partial charge in [-0.15, -0.1) is 0 Å². The molecule has 0 bridgehead atoms. The highest BCUT2D eigenvalue weighted by molar-refractivity contribution is 5.98. The van der Waals surface area contributed by atoms with E-state index in [9.17, 15) is 19.2 Å². The number of amides is 3. The van der Waals surface area contributed by atoms with Gasteiger partial charge in [-0.1, -0.05) is 12.1 Å². The first-order valence-corrected chi connectivity index (χ1v) is 15.8. The van der Waals surface area contributed by atoms with E-state index in [0.717, 1.165) is 37.0 Å². The van der Waals surface area contributed by atoms with Gasteiger partial charge in [-0.3, -0.25) is 24.1 Å². The van der Waals surface area contributed by atoms with E-state index in [4.69, 9.17) is 19.9 Å². The average Bonchev–Trinajstić information content (AvgIpc) is 3.78. The predicted octanol–water partition coefficient (Wildman–Crippen LogP) is 0.700. The number of nitrogens with two attached hydrogens (primary N) is 1. The van der Waals surface area contributed by atoms with Crippen molar-refractivity contribution < 1.29 is 33.4 Å². The van der Waals surface area contributed by atoms with Crippen LogP contribution < -0.4 is 26.4 Å². The molecule has 2 heterocycles. The minimum Gasteiger partial charge on any atom is -0.497 e. The van der Waals surface area contributed by atoms with Crippen LogP contribution in [0.2, 0.25) is 0 Å². The topological polar surface area (TPSA) is 165 Å². The van der Waals surface area contributed by atoms with Crippen molar-refractivity contribution in [2.24, 2.45) is 11.7 Å². The largest absolute Gasteiger partial charge is 0.497 e. The number of carbonyl (C=O) groups excluding carboxylic acids is 4. The number of morpholine rings is 1. The minimum atomic E-state index is -0.925. The fourth-order valence-corrected chi connectivity index (χ4v) is 5.86. The van der Waals surface area contributed by atoms with Crippen molar-refractivity contribution in [3.63, 3.8) is 0 Å². The summed E-state index contributed by atoms with van der Waals surface area (Å²) in [6.45, 7) is 6.27. The standard InChI is InChI=1S/C32H49N5O7/c1-21(34-28(38)19-37-14-16-43-17-15-37)30(40)35-26(13-8-22-6-11-25(42-3)12-7-22)31(41)36-27(29(39)32(2)20-44-32)18-23-4-9-24(33)10-5-23/h6-7,11-12,21,23-24,26-27H,4-5,8-10,13-20,33H2,1-3H3,(H,34,38)(H,35,40)(H,36,41)/t21-,23?,24?,26-,27-,32+/m0/s1. The molecule has 1 saturated carbocycles. The Bertz CT molecular complexity index is 1130. The summed E-state index contributed by atoms with van der Waals surface area (Å²) >= 11 is 0. The van der Waals surface area contributed by atoms with E-state index in [0.29, 0.717) is 52.2 Å². The zero-order valence-electron chi connectivity index (χ0n) is 26.3. The molecule has 1 aromatic rings. The van der Waals surface area contributed by atoms with Crippen LogP contribution in [0.3, 0.4) is 0 Å². The zero-order valence-corrected chi connectivity index (χ0v) is 26.3. The van der Waals surface area contributed by atoms with Crippen LogP contribution in [0.25, 0.3) is 0 Å². The molecule has 44 heavy (non-hydrogen) atoms. The van der Waals surface area contributed by atoms with Crippen LogP contribution in [-0.2, 0) is 35.1 Å². The summed E-state index contributed by atoms with van der Waals surface area (Å²) in [4.78, 5) is 55.1. The second kappa shape index (κ2) is 15.8. The van der Waals surface area contributed by atoms with Gasteiger partial charge in [0.1, 0.15) is 23.4 Å².